The van der Waals surface area contributed by atoms with E-state index in [1.807, 2.05) is 32.9 Å². The van der Waals surface area contributed by atoms with E-state index in [4.69, 9.17) is 55.0 Å². The number of nitrogens with zero attached hydrogens (tertiary/aromatic N) is 7. The first-order valence-corrected chi connectivity index (χ1v) is 33.2. The van der Waals surface area contributed by atoms with Crippen molar-refractivity contribution in [3.63, 3.8) is 0 Å². The van der Waals surface area contributed by atoms with Crippen LogP contribution in [0.2, 0.25) is 0 Å². The highest BCUT2D eigenvalue weighted by Gasteiger charge is 2.35. The van der Waals surface area contributed by atoms with Gasteiger partial charge in [-0.1, -0.05) is 30.0 Å². The average Bonchev–Trinajstić information content (AvgIpc) is 1.04. The summed E-state index contributed by atoms with van der Waals surface area (Å²) in [6.07, 6.45) is -0.342. The van der Waals surface area contributed by atoms with Crippen LogP contribution >= 0.6 is 47.7 Å². The molecule has 7 N–H and O–H groups in total. The number of hydrogen-bond donors (Lipinski definition) is 5. The molecule has 3 aliphatic rings. The summed E-state index contributed by atoms with van der Waals surface area (Å²) in [5.41, 5.74) is 10.5. The number of halogens is 4. The minimum atomic E-state index is -0.833. The molecule has 23 nitrogen and oxygen atoms in total. The van der Waals surface area contributed by atoms with E-state index >= 15 is 0 Å². The van der Waals surface area contributed by atoms with Crippen molar-refractivity contribution in [1.29, 1.82) is 5.41 Å². The molecular weight excluding hydrogens is 1330 g/mol. The molecule has 3 atom stereocenters. The van der Waals surface area contributed by atoms with E-state index in [0.717, 1.165) is 52.0 Å². The van der Waals surface area contributed by atoms with E-state index in [1.165, 1.54) is 67.7 Å². The van der Waals surface area contributed by atoms with E-state index in [2.05, 4.69) is 35.7 Å². The first-order chi connectivity index (χ1) is 43.9. The van der Waals surface area contributed by atoms with Crippen LogP contribution in [0.4, 0.5) is 32.3 Å². The van der Waals surface area contributed by atoms with Gasteiger partial charge in [0.2, 0.25) is 5.96 Å². The van der Waals surface area contributed by atoms with Gasteiger partial charge in [-0.2, -0.15) is 10.1 Å². The van der Waals surface area contributed by atoms with E-state index in [1.54, 1.807) is 139 Å². The van der Waals surface area contributed by atoms with Crippen LogP contribution in [0.5, 0.6) is 17.2 Å². The van der Waals surface area contributed by atoms with Crippen LogP contribution in [-0.2, 0) is 35.6 Å². The number of aromatic nitrogens is 2. The number of carbonyl (C=O) groups is 4. The lowest BCUT2D eigenvalue weighted by Crippen LogP contribution is -2.41. The summed E-state index contributed by atoms with van der Waals surface area (Å²) in [7, 11) is 4.31. The van der Waals surface area contributed by atoms with Gasteiger partial charge in [-0.3, -0.25) is 31.0 Å². The largest absolute Gasteiger partial charge is 0.494 e. The highest BCUT2D eigenvalue weighted by molar-refractivity contribution is 8.14. The average molecular weight is 1420 g/mol. The number of aryl methyl sites for hydroxylation is 2. The molecule has 30 heteroatoms. The zero-order valence-electron chi connectivity index (χ0n) is 58.5. The Morgan fingerprint density at radius 3 is 1.28 bits per heavy atom. The zero-order valence-corrected chi connectivity index (χ0v) is 61.7. The van der Waals surface area contributed by atoms with Gasteiger partial charge in [0.1, 0.15) is 28.2 Å². The van der Waals surface area contributed by atoms with Gasteiger partial charge < -0.3 is 44.6 Å². The number of nitrogens with two attached hydrogens (primary N) is 2. The van der Waals surface area contributed by atoms with E-state index in [9.17, 15) is 32.3 Å². The molecule has 530 valence electrons. The number of alkyl carbamates (subject to hydrolysis) is 2. The van der Waals surface area contributed by atoms with Crippen molar-refractivity contribution in [2.75, 3.05) is 38.6 Å². The number of nitrogens with one attached hydrogen (secondary N) is 3. The van der Waals surface area contributed by atoms with Crippen LogP contribution in [0.15, 0.2) is 85.6 Å². The molecule has 0 aliphatic carbocycles. The van der Waals surface area contributed by atoms with Crippen LogP contribution in [0.3, 0.4) is 0 Å². The molecule has 4 heterocycles. The van der Waals surface area contributed by atoms with Crippen molar-refractivity contribution in [2.24, 2.45) is 36.4 Å². The van der Waals surface area contributed by atoms with Gasteiger partial charge >= 0.3 is 24.4 Å². The molecular formula is C66H94ClF3N12O11S3. The molecule has 0 radical (unpaired) electrons. The molecule has 0 saturated carbocycles. The Bertz CT molecular complexity index is 3560. The SMILES string of the molecule is COc1ccc(C2(C)CCSC(CC(=N)N)=N2)cc1F.COc1ccc(C2(C)CCSC(CC(=NC(=O)OC(C)(C)C)NC(=O)OC(C)(C)C)=N2)cc1F.COc1ccc(C2(C)CCSC(N)=N2)cc1F.Cc1cc(C)n(C(=NC(=O)OC(C)(C)C)NC(=O)OC(C)(C)C)n1.Cl. The van der Waals surface area contributed by atoms with Gasteiger partial charge in [0, 0.05) is 23.0 Å². The first kappa shape index (κ1) is 82.7. The summed E-state index contributed by atoms with van der Waals surface area (Å²) in [5, 5.41) is 18.6. The highest BCUT2D eigenvalue weighted by Crippen LogP contribution is 2.40. The van der Waals surface area contributed by atoms with Crippen molar-refractivity contribution in [3.8, 4) is 17.2 Å². The summed E-state index contributed by atoms with van der Waals surface area (Å²) in [6.45, 7) is 30.2. The number of amidine groups is 3. The number of carbonyl (C=O) groups excluding carboxylic acids is 4. The second-order valence-electron chi connectivity index (χ2n) is 26.6. The van der Waals surface area contributed by atoms with E-state index in [-0.39, 0.29) is 65.3 Å². The fourth-order valence-electron chi connectivity index (χ4n) is 8.93. The van der Waals surface area contributed by atoms with Crippen molar-refractivity contribution in [1.82, 2.24) is 20.4 Å². The number of amides is 4. The van der Waals surface area contributed by atoms with Crippen molar-refractivity contribution in [3.05, 3.63) is 106 Å². The highest BCUT2D eigenvalue weighted by atomic mass is 35.5. The number of hydrogen-bond acceptors (Lipinski definition) is 20. The normalized spacial score (nSPS) is 18.9. The Morgan fingerprint density at radius 2 is 0.938 bits per heavy atom. The van der Waals surface area contributed by atoms with Gasteiger partial charge in [-0.05, 0) is 196 Å². The number of rotatable bonds is 10. The molecule has 0 bridgehead atoms. The Labute approximate surface area is 580 Å². The second kappa shape index (κ2) is 35.1. The smallest absolute Gasteiger partial charge is 0.437 e. The maximum atomic E-state index is 14.3. The molecule has 4 amide bonds. The Hall–Kier alpha value is -7.50. The molecule has 4 aromatic rings. The van der Waals surface area contributed by atoms with Gasteiger partial charge in [-0.15, -0.1) is 40.9 Å². The molecule has 7 rings (SSSR count). The third-order valence-electron chi connectivity index (χ3n) is 13.3. The van der Waals surface area contributed by atoms with Crippen LogP contribution in [0.1, 0.15) is 164 Å². The molecule has 0 fully saturated rings. The molecule has 3 aromatic carbocycles. The monoisotopic (exact) mass is 1420 g/mol. The topological polar surface area (TPSA) is 312 Å². The predicted molar refractivity (Wildman–Crippen MR) is 380 cm³/mol. The van der Waals surface area contributed by atoms with Gasteiger partial charge in [0.05, 0.1) is 72.4 Å². The number of aliphatic imine (C=N–C) groups is 5. The summed E-state index contributed by atoms with van der Waals surface area (Å²) in [6, 6.07) is 16.5. The fraction of sp³-hybridized carbons (Fsp3) is 0.530. The molecule has 96 heavy (non-hydrogen) atoms. The van der Waals surface area contributed by atoms with Crippen LogP contribution in [0.25, 0.3) is 0 Å². The van der Waals surface area contributed by atoms with Crippen LogP contribution in [-0.4, -0.2) is 128 Å². The minimum absolute atomic E-state index is 0. The number of ether oxygens (including phenoxy) is 7. The van der Waals surface area contributed by atoms with Gasteiger partial charge in [-0.25, -0.2) is 37.0 Å². The number of thioether (sulfide) groups is 3. The molecule has 0 saturated heterocycles. The Balaban J connectivity index is 0.000000343. The summed E-state index contributed by atoms with van der Waals surface area (Å²) in [4.78, 5) is 70.4. The maximum absolute atomic E-state index is 14.3. The molecule has 0 spiro atoms. The van der Waals surface area contributed by atoms with Crippen molar-refractivity contribution in [2.45, 2.75) is 189 Å². The summed E-state index contributed by atoms with van der Waals surface area (Å²) < 4.78 is 79.0. The number of benzene rings is 3. The molecule has 3 unspecified atom stereocenters. The minimum Gasteiger partial charge on any atom is -0.494 e. The third-order valence-corrected chi connectivity index (χ3v) is 16.1. The quantitative estimate of drug-likeness (QED) is 0.0560. The summed E-state index contributed by atoms with van der Waals surface area (Å²) in [5.74, 6) is 2.02. The second-order valence-corrected chi connectivity index (χ2v) is 30.0. The molecule has 3 aliphatic heterocycles. The van der Waals surface area contributed by atoms with Crippen LogP contribution < -0.4 is 36.3 Å². The van der Waals surface area contributed by atoms with Gasteiger partial charge in [0.25, 0.3) is 0 Å². The van der Waals surface area contributed by atoms with E-state index < -0.39 is 69.2 Å². The standard InChI is InChI=1S/C24H34FN3O5S.C16H26N4O4.C14H18FN3OS.C12H15FN2OS.ClH/c1-22(2,3)32-20(29)26-18(27-21(30)33-23(4,5)6)14-19-28-24(7,11-12-34-19)15-9-10-17(31-8)16(25)13-15;1-10-9-11(2)20(19-10)12(17-13(21)23-15(3,4)5)18-14(22)24-16(6,7)8;1-14(5-6-20-13(18-14)8-12(16)17)9-3-4-11(19-2)10(15)7-9;1-12(5-6-17-11(14)15-12)8-3-4-10(16-2)9(13)7-8;/h9-10,13H,11-12,14H2,1-8H3,(H,26,27,29,30);9H,1-8H3,(H,17,18,21,22);3-4,7H,5-6,8H2,1-2H3,(H3,16,17);3-4,7H,5-6H2,1-2H3,(H2,14,15);1H. The fourth-order valence-corrected chi connectivity index (χ4v) is 12.4. The Kier molecular flexibility index (Phi) is 30.3. The van der Waals surface area contributed by atoms with Crippen LogP contribution in [0, 0.1) is 36.7 Å². The summed E-state index contributed by atoms with van der Waals surface area (Å²) >= 11 is 4.63. The number of methoxy groups -OCH3 is 3. The maximum Gasteiger partial charge on any atom is 0.437 e. The van der Waals surface area contributed by atoms with E-state index in [0.29, 0.717) is 34.3 Å². The third kappa shape index (κ3) is 27.6. The lowest BCUT2D eigenvalue weighted by molar-refractivity contribution is 0.0543. The predicted octanol–water partition coefficient (Wildman–Crippen LogP) is 14.8. The molecule has 1 aromatic heterocycles. The first-order valence-electron chi connectivity index (χ1n) is 30.3. The zero-order chi connectivity index (χ0) is 71.7. The Morgan fingerprint density at radius 1 is 0.573 bits per heavy atom. The lowest BCUT2D eigenvalue weighted by Gasteiger charge is -2.31. The van der Waals surface area contributed by atoms with Crippen molar-refractivity contribution < 1.29 is 65.5 Å². The van der Waals surface area contributed by atoms with Crippen molar-refractivity contribution >= 4 is 105 Å². The van der Waals surface area contributed by atoms with Gasteiger partial charge in [0.15, 0.2) is 39.9 Å². The lowest BCUT2D eigenvalue weighted by atomic mass is 9.89.